The van der Waals surface area contributed by atoms with Crippen molar-refractivity contribution in [1.29, 1.82) is 0 Å². The van der Waals surface area contributed by atoms with Gasteiger partial charge < -0.3 is 15.2 Å². The summed E-state index contributed by atoms with van der Waals surface area (Å²) in [7, 11) is 0. The molecule has 0 aromatic carbocycles. The van der Waals surface area contributed by atoms with Gasteiger partial charge in [0.1, 0.15) is 12.4 Å². The molecule has 1 heterocycles. The largest absolute Gasteiger partial charge is 0.490 e. The van der Waals surface area contributed by atoms with Crippen LogP contribution in [0.15, 0.2) is 36.4 Å². The van der Waals surface area contributed by atoms with Crippen LogP contribution >= 0.6 is 0 Å². The second-order valence-electron chi connectivity index (χ2n) is 2.98. The van der Waals surface area contributed by atoms with Gasteiger partial charge in [0.05, 0.1) is 17.6 Å². The molecule has 0 bridgehead atoms. The van der Waals surface area contributed by atoms with Gasteiger partial charge in [-0.2, -0.15) is 0 Å². The maximum Gasteiger partial charge on any atom is 0.295 e. The molecule has 17 heavy (non-hydrogen) atoms. The molecule has 0 aromatic rings. The molecule has 0 radical (unpaired) electrons. The van der Waals surface area contributed by atoms with Crippen molar-refractivity contribution in [2.75, 3.05) is 13.2 Å². The van der Waals surface area contributed by atoms with Gasteiger partial charge in [-0.1, -0.05) is 27.0 Å². The molecule has 1 rings (SSSR count). The summed E-state index contributed by atoms with van der Waals surface area (Å²) < 4.78 is 5.10. The Kier molecular flexibility index (Phi) is 6.65. The molecule has 0 spiro atoms. The number of ether oxygens (including phenoxy) is 1. The quantitative estimate of drug-likeness (QED) is 0.573. The van der Waals surface area contributed by atoms with E-state index in [1.54, 1.807) is 0 Å². The second-order valence-corrected chi connectivity index (χ2v) is 2.98. The lowest BCUT2D eigenvalue weighted by Gasteiger charge is -2.26. The molecule has 0 aromatic heterocycles. The number of morpholine rings is 1. The molecule has 6 nitrogen and oxygen atoms in total. The average Bonchev–Trinajstić information content (AvgIpc) is 2.34. The minimum Gasteiger partial charge on any atom is -0.490 e. The highest BCUT2D eigenvalue weighted by Gasteiger charge is 2.26. The zero-order chi connectivity index (χ0) is 13.4. The van der Waals surface area contributed by atoms with Crippen molar-refractivity contribution in [2.24, 2.45) is 0 Å². The predicted molar refractivity (Wildman–Crippen MR) is 64.7 cm³/mol. The Labute approximate surface area is 100 Å². The molecule has 1 atom stereocenters. The molecule has 1 aliphatic rings. The first-order chi connectivity index (χ1) is 8.10. The third-order valence-electron chi connectivity index (χ3n) is 1.95. The lowest BCUT2D eigenvalue weighted by Crippen LogP contribution is -2.42. The Balaban J connectivity index is 0.00000121. The van der Waals surface area contributed by atoms with Crippen molar-refractivity contribution in [3.05, 3.63) is 46.5 Å². The van der Waals surface area contributed by atoms with Crippen molar-refractivity contribution >= 4 is 0 Å². The minimum absolute atomic E-state index is 0.167. The molecule has 0 saturated carbocycles. The molecule has 1 aliphatic heterocycles. The van der Waals surface area contributed by atoms with Gasteiger partial charge in [0.25, 0.3) is 5.70 Å². The molecular formula is C11H18N2O4. The van der Waals surface area contributed by atoms with E-state index in [1.165, 1.54) is 0 Å². The lowest BCUT2D eigenvalue weighted by atomic mass is 10.2. The highest BCUT2D eigenvalue weighted by atomic mass is 16.6. The average molecular weight is 242 g/mol. The Hall–Kier alpha value is -1.82. The van der Waals surface area contributed by atoms with E-state index in [-0.39, 0.29) is 36.4 Å². The van der Waals surface area contributed by atoms with Crippen molar-refractivity contribution in [3.8, 4) is 0 Å². The van der Waals surface area contributed by atoms with Crippen LogP contribution < -0.4 is 5.32 Å². The number of nitrogens with one attached hydrogen (secondary N) is 1. The molecule has 1 unspecified atom stereocenters. The Morgan fingerprint density at radius 1 is 1.76 bits per heavy atom. The van der Waals surface area contributed by atoms with Gasteiger partial charge in [-0.15, -0.1) is 0 Å². The Morgan fingerprint density at radius 2 is 2.35 bits per heavy atom. The van der Waals surface area contributed by atoms with E-state index in [0.717, 1.165) is 6.08 Å². The lowest BCUT2D eigenvalue weighted by molar-refractivity contribution is -0.420. The first kappa shape index (κ1) is 15.2. The standard InChI is InChI=1S/C9H12N2O4.C2H6/c1-3-8(11(13)14)9-6(2)15-5-7(4-12)10-9;1-2/h3,7,10,12H,1-2,4-5H2;1-2H3/b9-8-;. The van der Waals surface area contributed by atoms with Gasteiger partial charge in [-0.25, -0.2) is 0 Å². The second kappa shape index (κ2) is 7.45. The Bertz CT molecular complexity index is 336. The van der Waals surface area contributed by atoms with E-state index in [4.69, 9.17) is 9.84 Å². The summed E-state index contributed by atoms with van der Waals surface area (Å²) in [4.78, 5) is 10.1. The number of nitro groups is 1. The zero-order valence-electron chi connectivity index (χ0n) is 10.1. The molecule has 0 aliphatic carbocycles. The van der Waals surface area contributed by atoms with Crippen LogP contribution in [0.2, 0.25) is 0 Å². The number of hydrogen-bond donors (Lipinski definition) is 2. The van der Waals surface area contributed by atoms with Gasteiger partial charge in [0.15, 0.2) is 5.70 Å². The maximum absolute atomic E-state index is 10.6. The van der Waals surface area contributed by atoms with Crippen molar-refractivity contribution in [1.82, 2.24) is 5.32 Å². The fourth-order valence-corrected chi connectivity index (χ4v) is 1.18. The number of aliphatic hydroxyl groups is 1. The summed E-state index contributed by atoms with van der Waals surface area (Å²) in [5.41, 5.74) is -0.0431. The van der Waals surface area contributed by atoms with Crippen molar-refractivity contribution in [3.63, 3.8) is 0 Å². The van der Waals surface area contributed by atoms with Gasteiger partial charge in [0.2, 0.25) is 0 Å². The molecule has 96 valence electrons. The third kappa shape index (κ3) is 3.92. The van der Waals surface area contributed by atoms with E-state index in [1.807, 2.05) is 13.8 Å². The first-order valence-corrected chi connectivity index (χ1v) is 5.30. The number of nitrogens with zero attached hydrogens (tertiary/aromatic N) is 1. The minimum atomic E-state index is -0.580. The van der Waals surface area contributed by atoms with E-state index in [2.05, 4.69) is 18.5 Å². The maximum atomic E-state index is 10.6. The number of allylic oxidation sites excluding steroid dienone is 1. The number of aliphatic hydroxyl groups excluding tert-OH is 1. The fourth-order valence-electron chi connectivity index (χ4n) is 1.18. The Morgan fingerprint density at radius 3 is 2.76 bits per heavy atom. The van der Waals surface area contributed by atoms with Gasteiger partial charge in [-0.05, 0) is 0 Å². The van der Waals surface area contributed by atoms with Gasteiger partial charge in [0, 0.05) is 6.08 Å². The summed E-state index contributed by atoms with van der Waals surface area (Å²) >= 11 is 0. The molecule has 2 N–H and O–H groups in total. The third-order valence-corrected chi connectivity index (χ3v) is 1.95. The first-order valence-electron chi connectivity index (χ1n) is 5.30. The highest BCUT2D eigenvalue weighted by Crippen LogP contribution is 2.18. The molecule has 1 saturated heterocycles. The summed E-state index contributed by atoms with van der Waals surface area (Å²) in [5.74, 6) is 0.186. The van der Waals surface area contributed by atoms with Crippen LogP contribution in [0.4, 0.5) is 0 Å². The van der Waals surface area contributed by atoms with E-state index in [9.17, 15) is 10.1 Å². The topological polar surface area (TPSA) is 84.6 Å². The summed E-state index contributed by atoms with van der Waals surface area (Å²) in [6, 6.07) is -0.361. The molecular weight excluding hydrogens is 224 g/mol. The van der Waals surface area contributed by atoms with Crippen LogP contribution in [0, 0.1) is 10.1 Å². The van der Waals surface area contributed by atoms with Crippen LogP contribution in [0.1, 0.15) is 13.8 Å². The van der Waals surface area contributed by atoms with Crippen LogP contribution in [0.3, 0.4) is 0 Å². The summed E-state index contributed by atoms with van der Waals surface area (Å²) in [6.07, 6.45) is 1.11. The van der Waals surface area contributed by atoms with Gasteiger partial charge >= 0.3 is 0 Å². The van der Waals surface area contributed by atoms with Crippen molar-refractivity contribution in [2.45, 2.75) is 19.9 Å². The van der Waals surface area contributed by atoms with Crippen molar-refractivity contribution < 1.29 is 14.8 Å². The SMILES string of the molecule is C=C/C(=C1/NC(CO)COC1=C)[N+](=O)[O-].CC. The normalized spacial score (nSPS) is 21.4. The van der Waals surface area contributed by atoms with E-state index < -0.39 is 4.92 Å². The van der Waals surface area contributed by atoms with Crippen LogP contribution in [-0.2, 0) is 4.74 Å². The van der Waals surface area contributed by atoms with Gasteiger partial charge in [-0.3, -0.25) is 10.1 Å². The van der Waals surface area contributed by atoms with E-state index >= 15 is 0 Å². The predicted octanol–water partition coefficient (Wildman–Crippen LogP) is 1.18. The molecule has 6 heteroatoms. The highest BCUT2D eigenvalue weighted by molar-refractivity contribution is 5.31. The van der Waals surface area contributed by atoms with Crippen LogP contribution in [-0.4, -0.2) is 29.3 Å². The van der Waals surface area contributed by atoms with Crippen LogP contribution in [0.5, 0.6) is 0 Å². The monoisotopic (exact) mass is 242 g/mol. The van der Waals surface area contributed by atoms with Crippen LogP contribution in [0.25, 0.3) is 0 Å². The van der Waals surface area contributed by atoms with E-state index in [0.29, 0.717) is 0 Å². The number of rotatable bonds is 3. The zero-order valence-corrected chi connectivity index (χ0v) is 10.1. The molecule has 1 fully saturated rings. The summed E-state index contributed by atoms with van der Waals surface area (Å²) in [5, 5.41) is 22.3. The molecule has 0 amide bonds. The number of hydrogen-bond acceptors (Lipinski definition) is 5. The fraction of sp³-hybridized carbons (Fsp3) is 0.455. The smallest absolute Gasteiger partial charge is 0.295 e. The summed E-state index contributed by atoms with van der Waals surface area (Å²) in [6.45, 7) is 11.0.